The van der Waals surface area contributed by atoms with E-state index in [1.165, 1.54) is 51.9 Å². The van der Waals surface area contributed by atoms with Gasteiger partial charge in [-0.05, 0) is 20.3 Å². The molecule has 0 atom stereocenters. The van der Waals surface area contributed by atoms with Gasteiger partial charge in [0.1, 0.15) is 0 Å². The van der Waals surface area contributed by atoms with Crippen LogP contribution in [0.5, 0.6) is 0 Å². The molecule has 0 bridgehead atoms. The topological polar surface area (TPSA) is 35.5 Å². The number of carbonyl (C=O) groups excluding carboxylic acids is 1. The van der Waals surface area contributed by atoms with E-state index in [2.05, 4.69) is 6.92 Å². The minimum absolute atomic E-state index is 0.159. The van der Waals surface area contributed by atoms with E-state index in [1.807, 2.05) is 13.8 Å². The van der Waals surface area contributed by atoms with Crippen LogP contribution in [-0.4, -0.2) is 25.8 Å². The highest BCUT2D eigenvalue weighted by atomic mass is 16.5. The zero-order valence-electron chi connectivity index (χ0n) is 13.5. The Kier molecular flexibility index (Phi) is 21.6. The normalized spacial score (nSPS) is 9.68. The molecule has 0 aliphatic carbocycles. The summed E-state index contributed by atoms with van der Waals surface area (Å²) < 4.78 is 9.68. The SMILES string of the molecule is CCCCCCCCCCOC(C)=O.CCOCC. The maximum Gasteiger partial charge on any atom is 0.302 e. The first-order valence-electron chi connectivity index (χ1n) is 7.90. The number of carbonyl (C=O) groups is 1. The third kappa shape index (κ3) is 26.9. The lowest BCUT2D eigenvalue weighted by molar-refractivity contribution is -0.141. The number of rotatable bonds is 11. The van der Waals surface area contributed by atoms with Crippen LogP contribution in [0.3, 0.4) is 0 Å². The Balaban J connectivity index is 0. The van der Waals surface area contributed by atoms with Crippen LogP contribution in [0.2, 0.25) is 0 Å². The smallest absolute Gasteiger partial charge is 0.302 e. The highest BCUT2D eigenvalue weighted by Gasteiger charge is 1.93. The van der Waals surface area contributed by atoms with Crippen molar-refractivity contribution < 1.29 is 14.3 Å². The third-order valence-electron chi connectivity index (χ3n) is 2.71. The molecule has 0 radical (unpaired) electrons. The van der Waals surface area contributed by atoms with Crippen LogP contribution in [0.25, 0.3) is 0 Å². The summed E-state index contributed by atoms with van der Waals surface area (Å²) in [5.41, 5.74) is 0. The van der Waals surface area contributed by atoms with Gasteiger partial charge in [0.25, 0.3) is 0 Å². The molecule has 3 heteroatoms. The molecule has 0 N–H and O–H groups in total. The van der Waals surface area contributed by atoms with Gasteiger partial charge in [-0.15, -0.1) is 0 Å². The van der Waals surface area contributed by atoms with Crippen molar-refractivity contribution in [2.75, 3.05) is 19.8 Å². The zero-order chi connectivity index (χ0) is 14.8. The molecular weight excluding hydrogens is 240 g/mol. The summed E-state index contributed by atoms with van der Waals surface area (Å²) in [5.74, 6) is -0.159. The van der Waals surface area contributed by atoms with Gasteiger partial charge in [-0.2, -0.15) is 0 Å². The Morgan fingerprint density at radius 2 is 1.26 bits per heavy atom. The molecule has 0 aliphatic rings. The van der Waals surface area contributed by atoms with Crippen LogP contribution in [-0.2, 0) is 14.3 Å². The molecule has 19 heavy (non-hydrogen) atoms. The highest BCUT2D eigenvalue weighted by Crippen LogP contribution is 2.08. The second-order valence-electron chi connectivity index (χ2n) is 4.60. The van der Waals surface area contributed by atoms with Crippen molar-refractivity contribution in [3.05, 3.63) is 0 Å². The molecule has 0 amide bonds. The van der Waals surface area contributed by atoms with Crippen molar-refractivity contribution in [1.29, 1.82) is 0 Å². The van der Waals surface area contributed by atoms with Crippen LogP contribution in [0.15, 0.2) is 0 Å². The van der Waals surface area contributed by atoms with E-state index in [4.69, 9.17) is 9.47 Å². The first kappa shape index (κ1) is 20.7. The van der Waals surface area contributed by atoms with E-state index < -0.39 is 0 Å². The zero-order valence-corrected chi connectivity index (χ0v) is 13.5. The molecule has 0 heterocycles. The van der Waals surface area contributed by atoms with Crippen molar-refractivity contribution in [2.24, 2.45) is 0 Å². The van der Waals surface area contributed by atoms with Gasteiger partial charge >= 0.3 is 5.97 Å². The Labute approximate surface area is 120 Å². The predicted octanol–water partition coefficient (Wildman–Crippen LogP) is 4.73. The minimum atomic E-state index is -0.159. The summed E-state index contributed by atoms with van der Waals surface area (Å²) in [4.78, 5) is 10.4. The number of esters is 1. The molecule has 0 aromatic rings. The summed E-state index contributed by atoms with van der Waals surface area (Å²) >= 11 is 0. The lowest BCUT2D eigenvalue weighted by atomic mass is 10.1. The Morgan fingerprint density at radius 1 is 0.789 bits per heavy atom. The largest absolute Gasteiger partial charge is 0.466 e. The number of hydrogen-bond acceptors (Lipinski definition) is 3. The number of ether oxygens (including phenoxy) is 2. The van der Waals surface area contributed by atoms with Gasteiger partial charge < -0.3 is 9.47 Å². The van der Waals surface area contributed by atoms with Crippen molar-refractivity contribution >= 4 is 5.97 Å². The van der Waals surface area contributed by atoms with E-state index >= 15 is 0 Å². The molecule has 0 saturated carbocycles. The third-order valence-corrected chi connectivity index (χ3v) is 2.71. The van der Waals surface area contributed by atoms with Crippen LogP contribution < -0.4 is 0 Å². The van der Waals surface area contributed by atoms with E-state index in [9.17, 15) is 4.79 Å². The van der Waals surface area contributed by atoms with Gasteiger partial charge in [-0.1, -0.05) is 51.9 Å². The molecule has 3 nitrogen and oxygen atoms in total. The fourth-order valence-corrected chi connectivity index (χ4v) is 1.66. The summed E-state index contributed by atoms with van der Waals surface area (Å²) in [6, 6.07) is 0. The molecular formula is C16H34O3. The maximum atomic E-state index is 10.4. The van der Waals surface area contributed by atoms with E-state index in [0.717, 1.165) is 19.6 Å². The van der Waals surface area contributed by atoms with Crippen molar-refractivity contribution in [2.45, 2.75) is 79.1 Å². The monoisotopic (exact) mass is 274 g/mol. The maximum absolute atomic E-state index is 10.4. The van der Waals surface area contributed by atoms with Crippen molar-refractivity contribution in [3.63, 3.8) is 0 Å². The molecule has 0 aromatic carbocycles. The Morgan fingerprint density at radius 3 is 1.63 bits per heavy atom. The Bertz CT molecular complexity index is 167. The van der Waals surface area contributed by atoms with Gasteiger partial charge in [0.2, 0.25) is 0 Å². The summed E-state index contributed by atoms with van der Waals surface area (Å²) in [5, 5.41) is 0. The molecule has 0 rings (SSSR count). The molecule has 116 valence electrons. The molecule has 0 unspecified atom stereocenters. The molecule has 0 fully saturated rings. The number of hydrogen-bond donors (Lipinski definition) is 0. The molecule has 0 aliphatic heterocycles. The van der Waals surface area contributed by atoms with Crippen molar-refractivity contribution in [3.8, 4) is 0 Å². The lowest BCUT2D eigenvalue weighted by Crippen LogP contribution is -1.99. The first-order chi connectivity index (χ1) is 9.18. The Hall–Kier alpha value is -0.570. The van der Waals surface area contributed by atoms with E-state index in [1.54, 1.807) is 0 Å². The predicted molar refractivity (Wildman–Crippen MR) is 81.4 cm³/mol. The quantitative estimate of drug-likeness (QED) is 0.403. The molecule has 0 aromatic heterocycles. The van der Waals surface area contributed by atoms with Crippen LogP contribution in [0.4, 0.5) is 0 Å². The van der Waals surface area contributed by atoms with Gasteiger partial charge in [0.05, 0.1) is 6.61 Å². The average Bonchev–Trinajstić information content (AvgIpc) is 2.38. The summed E-state index contributed by atoms with van der Waals surface area (Å²) in [6.07, 6.45) is 10.2. The van der Waals surface area contributed by atoms with Gasteiger partial charge in [0.15, 0.2) is 0 Å². The van der Waals surface area contributed by atoms with E-state index in [0.29, 0.717) is 6.61 Å². The lowest BCUT2D eigenvalue weighted by Gasteiger charge is -2.02. The van der Waals surface area contributed by atoms with Crippen LogP contribution in [0.1, 0.15) is 79.1 Å². The average molecular weight is 274 g/mol. The van der Waals surface area contributed by atoms with Gasteiger partial charge in [-0.25, -0.2) is 0 Å². The fraction of sp³-hybridized carbons (Fsp3) is 0.938. The van der Waals surface area contributed by atoms with E-state index in [-0.39, 0.29) is 5.97 Å². The molecule has 0 spiro atoms. The summed E-state index contributed by atoms with van der Waals surface area (Å²) in [6.45, 7) is 9.97. The van der Waals surface area contributed by atoms with Crippen LogP contribution in [0, 0.1) is 0 Å². The second-order valence-corrected chi connectivity index (χ2v) is 4.60. The minimum Gasteiger partial charge on any atom is -0.466 e. The van der Waals surface area contributed by atoms with Crippen LogP contribution >= 0.6 is 0 Å². The number of unbranched alkanes of at least 4 members (excludes halogenated alkanes) is 7. The first-order valence-corrected chi connectivity index (χ1v) is 7.90. The highest BCUT2D eigenvalue weighted by molar-refractivity contribution is 5.65. The van der Waals surface area contributed by atoms with Gasteiger partial charge in [-0.3, -0.25) is 4.79 Å². The molecule has 0 saturated heterocycles. The van der Waals surface area contributed by atoms with Crippen molar-refractivity contribution in [1.82, 2.24) is 0 Å². The second kappa shape index (κ2) is 19.8. The standard InChI is InChI=1S/C12H24O2.C4H10O/c1-3-4-5-6-7-8-9-10-11-14-12(2)13;1-3-5-4-2/h3-11H2,1-2H3;3-4H2,1-2H3. The van der Waals surface area contributed by atoms with Gasteiger partial charge in [0, 0.05) is 20.1 Å². The fourth-order valence-electron chi connectivity index (χ4n) is 1.66. The summed E-state index contributed by atoms with van der Waals surface area (Å²) in [7, 11) is 0.